The maximum absolute atomic E-state index is 13.8. The monoisotopic (exact) mass is 485 g/mol. The molecule has 1 heterocycles. The number of anilines is 1. The summed E-state index contributed by atoms with van der Waals surface area (Å²) in [6.07, 6.45) is 0. The van der Waals surface area contributed by atoms with Gasteiger partial charge in [0, 0.05) is 12.1 Å². The molecule has 0 radical (unpaired) electrons. The van der Waals surface area contributed by atoms with Crippen molar-refractivity contribution in [3.05, 3.63) is 65.7 Å². The van der Waals surface area contributed by atoms with Gasteiger partial charge in [0.1, 0.15) is 11.6 Å². The van der Waals surface area contributed by atoms with Crippen molar-refractivity contribution < 1.29 is 18.7 Å². The molecule has 0 fully saturated rings. The van der Waals surface area contributed by atoms with Gasteiger partial charge in [0.25, 0.3) is 5.91 Å². The number of benzene rings is 2. The lowest BCUT2D eigenvalue weighted by Crippen LogP contribution is -2.33. The smallest absolute Gasteiger partial charge is 0.251 e. The van der Waals surface area contributed by atoms with Gasteiger partial charge in [0.05, 0.1) is 24.6 Å². The van der Waals surface area contributed by atoms with E-state index in [1.165, 1.54) is 23.9 Å². The van der Waals surface area contributed by atoms with Gasteiger partial charge in [0.15, 0.2) is 11.0 Å². The lowest BCUT2D eigenvalue weighted by Gasteiger charge is -2.22. The van der Waals surface area contributed by atoms with E-state index in [1.807, 2.05) is 25.3 Å². The third-order valence-corrected chi connectivity index (χ3v) is 6.09. The Bertz CT molecular complexity index is 1130. The van der Waals surface area contributed by atoms with E-state index in [4.69, 9.17) is 4.74 Å². The average molecular weight is 486 g/mol. The molecule has 3 aromatic rings. The standard InChI is InChI=1S/C24H28FN5O3S/c1-5-30-22(21(15(2)3)27-23(32)16-10-12-17(33-4)13-11-16)28-29-24(30)34-14-20(31)26-19-9-7-6-8-18(19)25/h6-13,15,21H,5,14H2,1-4H3,(H,26,31)(H,27,32)/t21-/m1/s1. The van der Waals surface area contributed by atoms with Crippen LogP contribution in [0.2, 0.25) is 0 Å². The SMILES string of the molecule is CCn1c(SCC(=O)Nc2ccccc2F)nnc1[C@H](NC(=O)c1ccc(OC)cc1)C(C)C. The minimum absolute atomic E-state index is 0.0387. The summed E-state index contributed by atoms with van der Waals surface area (Å²) in [5.41, 5.74) is 0.639. The zero-order valence-corrected chi connectivity index (χ0v) is 20.4. The van der Waals surface area contributed by atoms with Crippen molar-refractivity contribution >= 4 is 29.3 Å². The number of para-hydroxylation sites is 1. The summed E-state index contributed by atoms with van der Waals surface area (Å²) in [5, 5.41) is 14.7. The van der Waals surface area contributed by atoms with E-state index in [0.29, 0.717) is 28.8 Å². The van der Waals surface area contributed by atoms with Crippen molar-refractivity contribution in [3.8, 4) is 5.75 Å². The Morgan fingerprint density at radius 3 is 2.44 bits per heavy atom. The second kappa shape index (κ2) is 11.6. The van der Waals surface area contributed by atoms with Crippen LogP contribution >= 0.6 is 11.8 Å². The Labute approximate surface area is 202 Å². The molecule has 180 valence electrons. The van der Waals surface area contributed by atoms with E-state index in [9.17, 15) is 14.0 Å². The summed E-state index contributed by atoms with van der Waals surface area (Å²) >= 11 is 1.20. The van der Waals surface area contributed by atoms with Crippen LogP contribution in [0.1, 0.15) is 43.0 Å². The van der Waals surface area contributed by atoms with Crippen LogP contribution in [0, 0.1) is 11.7 Å². The fourth-order valence-corrected chi connectivity index (χ4v) is 4.12. The first-order chi connectivity index (χ1) is 16.3. The fraction of sp³-hybridized carbons (Fsp3) is 0.333. The highest BCUT2D eigenvalue weighted by molar-refractivity contribution is 7.99. The lowest BCUT2D eigenvalue weighted by molar-refractivity contribution is -0.113. The number of halogens is 1. The Hall–Kier alpha value is -3.40. The van der Waals surface area contributed by atoms with Crippen LogP contribution in [0.4, 0.5) is 10.1 Å². The lowest BCUT2D eigenvalue weighted by atomic mass is 10.0. The third kappa shape index (κ3) is 6.13. The highest BCUT2D eigenvalue weighted by Gasteiger charge is 2.26. The maximum atomic E-state index is 13.8. The summed E-state index contributed by atoms with van der Waals surface area (Å²) in [6.45, 7) is 6.48. The van der Waals surface area contributed by atoms with E-state index in [1.54, 1.807) is 43.5 Å². The van der Waals surface area contributed by atoms with Crippen LogP contribution in [0.3, 0.4) is 0 Å². The van der Waals surface area contributed by atoms with Crippen molar-refractivity contribution in [2.45, 2.75) is 38.5 Å². The number of hydrogen-bond donors (Lipinski definition) is 2. The molecule has 2 amide bonds. The van der Waals surface area contributed by atoms with Gasteiger partial charge in [-0.2, -0.15) is 0 Å². The van der Waals surface area contributed by atoms with Crippen molar-refractivity contribution in [1.82, 2.24) is 20.1 Å². The fourth-order valence-electron chi connectivity index (χ4n) is 3.31. The van der Waals surface area contributed by atoms with Crippen molar-refractivity contribution in [2.24, 2.45) is 5.92 Å². The molecule has 0 bridgehead atoms. The van der Waals surface area contributed by atoms with Crippen molar-refractivity contribution in [1.29, 1.82) is 0 Å². The van der Waals surface area contributed by atoms with Gasteiger partial charge in [-0.15, -0.1) is 10.2 Å². The first-order valence-corrected chi connectivity index (χ1v) is 11.9. The third-order valence-electron chi connectivity index (χ3n) is 5.13. The number of ether oxygens (including phenoxy) is 1. The molecule has 34 heavy (non-hydrogen) atoms. The number of rotatable bonds is 10. The largest absolute Gasteiger partial charge is 0.497 e. The maximum Gasteiger partial charge on any atom is 0.251 e. The number of thioether (sulfide) groups is 1. The van der Waals surface area contributed by atoms with Crippen molar-refractivity contribution in [3.63, 3.8) is 0 Å². The van der Waals surface area contributed by atoms with E-state index in [0.717, 1.165) is 0 Å². The number of carbonyl (C=O) groups is 2. The zero-order chi connectivity index (χ0) is 24.7. The predicted molar refractivity (Wildman–Crippen MR) is 129 cm³/mol. The topological polar surface area (TPSA) is 98.1 Å². The minimum atomic E-state index is -0.493. The van der Waals surface area contributed by atoms with Crippen LogP contribution in [0.25, 0.3) is 0 Å². The molecule has 1 atom stereocenters. The second-order valence-corrected chi connectivity index (χ2v) is 8.77. The van der Waals surface area contributed by atoms with Gasteiger partial charge in [-0.25, -0.2) is 4.39 Å². The number of nitrogens with one attached hydrogen (secondary N) is 2. The summed E-state index contributed by atoms with van der Waals surface area (Å²) in [5.74, 6) is 0.281. The quantitative estimate of drug-likeness (QED) is 0.416. The minimum Gasteiger partial charge on any atom is -0.497 e. The van der Waals surface area contributed by atoms with Gasteiger partial charge in [0.2, 0.25) is 5.91 Å². The van der Waals surface area contributed by atoms with Gasteiger partial charge in [-0.05, 0) is 49.2 Å². The number of aromatic nitrogens is 3. The Morgan fingerprint density at radius 1 is 1.12 bits per heavy atom. The Kier molecular flexibility index (Phi) is 8.64. The van der Waals surface area contributed by atoms with Crippen LogP contribution in [0.5, 0.6) is 5.75 Å². The number of methoxy groups -OCH3 is 1. The molecule has 0 aliphatic heterocycles. The van der Waals surface area contributed by atoms with Crippen LogP contribution in [0.15, 0.2) is 53.7 Å². The van der Waals surface area contributed by atoms with Crippen LogP contribution in [-0.2, 0) is 11.3 Å². The van der Waals surface area contributed by atoms with E-state index < -0.39 is 5.82 Å². The average Bonchev–Trinajstić information content (AvgIpc) is 3.24. The molecule has 0 unspecified atom stereocenters. The normalized spacial score (nSPS) is 11.8. The van der Waals surface area contributed by atoms with E-state index in [2.05, 4.69) is 20.8 Å². The number of carbonyl (C=O) groups excluding carboxylic acids is 2. The molecule has 8 nitrogen and oxygen atoms in total. The highest BCUT2D eigenvalue weighted by atomic mass is 32.2. The number of amides is 2. The second-order valence-electron chi connectivity index (χ2n) is 7.83. The molecular weight excluding hydrogens is 457 g/mol. The highest BCUT2D eigenvalue weighted by Crippen LogP contribution is 2.26. The molecule has 2 aromatic carbocycles. The molecule has 0 saturated carbocycles. The molecule has 2 N–H and O–H groups in total. The van der Waals surface area contributed by atoms with Crippen molar-refractivity contribution in [2.75, 3.05) is 18.2 Å². The van der Waals surface area contributed by atoms with E-state index in [-0.39, 0.29) is 35.2 Å². The molecule has 0 aliphatic rings. The number of nitrogens with zero attached hydrogens (tertiary/aromatic N) is 3. The van der Waals surface area contributed by atoms with Gasteiger partial charge >= 0.3 is 0 Å². The van der Waals surface area contributed by atoms with E-state index >= 15 is 0 Å². The summed E-state index contributed by atoms with van der Waals surface area (Å²) in [7, 11) is 1.57. The molecule has 10 heteroatoms. The molecule has 1 aromatic heterocycles. The molecule has 0 spiro atoms. The van der Waals surface area contributed by atoms with Gasteiger partial charge in [-0.3, -0.25) is 9.59 Å². The first-order valence-electron chi connectivity index (χ1n) is 10.9. The predicted octanol–water partition coefficient (Wildman–Crippen LogP) is 4.30. The summed E-state index contributed by atoms with van der Waals surface area (Å²) in [6, 6.07) is 12.5. The summed E-state index contributed by atoms with van der Waals surface area (Å²) < 4.78 is 20.8. The Morgan fingerprint density at radius 2 is 1.82 bits per heavy atom. The summed E-state index contributed by atoms with van der Waals surface area (Å²) in [4.78, 5) is 25.2. The zero-order valence-electron chi connectivity index (χ0n) is 19.5. The molecule has 3 rings (SSSR count). The first kappa shape index (κ1) is 25.2. The molecular formula is C24H28FN5O3S. The van der Waals surface area contributed by atoms with Crippen LogP contribution < -0.4 is 15.4 Å². The van der Waals surface area contributed by atoms with Gasteiger partial charge in [-0.1, -0.05) is 37.7 Å². The molecule has 0 aliphatic carbocycles. The molecule has 0 saturated heterocycles. The Balaban J connectivity index is 1.71. The van der Waals surface area contributed by atoms with Crippen LogP contribution in [-0.4, -0.2) is 39.4 Å². The number of hydrogen-bond acceptors (Lipinski definition) is 6. The van der Waals surface area contributed by atoms with Gasteiger partial charge < -0.3 is 19.9 Å².